The highest BCUT2D eigenvalue weighted by molar-refractivity contribution is 5.61. The van der Waals surface area contributed by atoms with Gasteiger partial charge in [-0.25, -0.2) is 9.07 Å². The Morgan fingerprint density at radius 3 is 2.68 bits per heavy atom. The number of halogens is 1. The van der Waals surface area contributed by atoms with Crippen LogP contribution >= 0.6 is 0 Å². The second-order valence-corrected chi connectivity index (χ2v) is 7.43. The number of fused-ring (bicyclic) bond motifs is 3. The van der Waals surface area contributed by atoms with Crippen LogP contribution in [0, 0.1) is 11.2 Å². The molecule has 3 aliphatic rings. The van der Waals surface area contributed by atoms with E-state index in [-0.39, 0.29) is 11.2 Å². The molecule has 5 rings (SSSR count). The Kier molecular flexibility index (Phi) is 3.21. The van der Waals surface area contributed by atoms with Crippen molar-refractivity contribution in [2.75, 3.05) is 13.2 Å². The van der Waals surface area contributed by atoms with Gasteiger partial charge in [-0.2, -0.15) is 5.10 Å². The van der Waals surface area contributed by atoms with Crippen LogP contribution in [0.3, 0.4) is 0 Å². The van der Waals surface area contributed by atoms with Gasteiger partial charge in [-0.05, 0) is 55.2 Å². The maximum absolute atomic E-state index is 13.2. The highest BCUT2D eigenvalue weighted by Gasteiger charge is 2.57. The van der Waals surface area contributed by atoms with Gasteiger partial charge < -0.3 is 9.47 Å². The molecule has 0 radical (unpaired) electrons. The molecular formula is C20H21FN2O2. The smallest absolute Gasteiger partial charge is 0.177 e. The fraction of sp³-hybridized carbons (Fsp3) is 0.450. The zero-order valence-corrected chi connectivity index (χ0v) is 14.3. The van der Waals surface area contributed by atoms with Crippen LogP contribution in [0.1, 0.15) is 37.4 Å². The Bertz CT molecular complexity index is 849. The Hall–Kier alpha value is -1.98. The lowest BCUT2D eigenvalue weighted by Gasteiger charge is -2.50. The fourth-order valence-corrected chi connectivity index (χ4v) is 4.72. The zero-order chi connectivity index (χ0) is 17.1. The molecule has 1 spiro atoms. The number of benzene rings is 1. The van der Waals surface area contributed by atoms with Gasteiger partial charge >= 0.3 is 0 Å². The van der Waals surface area contributed by atoms with E-state index in [0.717, 1.165) is 37.1 Å². The summed E-state index contributed by atoms with van der Waals surface area (Å²) in [4.78, 5) is 0. The van der Waals surface area contributed by atoms with Gasteiger partial charge in [0.15, 0.2) is 5.79 Å². The second kappa shape index (κ2) is 5.26. The van der Waals surface area contributed by atoms with Crippen LogP contribution in [0.15, 0.2) is 36.0 Å². The maximum Gasteiger partial charge on any atom is 0.177 e. The molecule has 1 saturated heterocycles. The zero-order valence-electron chi connectivity index (χ0n) is 14.3. The molecule has 130 valence electrons. The van der Waals surface area contributed by atoms with E-state index in [4.69, 9.17) is 9.47 Å². The van der Waals surface area contributed by atoms with E-state index in [1.807, 2.05) is 10.9 Å². The normalized spacial score (nSPS) is 27.0. The van der Waals surface area contributed by atoms with E-state index in [2.05, 4.69) is 18.1 Å². The number of ether oxygens (including phenoxy) is 2. The SMILES string of the molecule is CC12Cc3cnn(-c4ccc(F)cc4)c3C=C1CCCC21OCCO1. The number of hydrogen-bond acceptors (Lipinski definition) is 3. The van der Waals surface area contributed by atoms with Crippen molar-refractivity contribution < 1.29 is 13.9 Å². The standard InChI is InChI=1S/C20H21FN2O2/c1-19-12-14-13-22-23(17-6-4-16(21)5-7-17)18(14)11-15(19)3-2-8-20(19)24-9-10-25-20/h4-7,11,13H,2-3,8-10,12H2,1H3. The van der Waals surface area contributed by atoms with E-state index < -0.39 is 5.79 Å². The largest absolute Gasteiger partial charge is 0.347 e. The average Bonchev–Trinajstić information content (AvgIpc) is 3.23. The van der Waals surface area contributed by atoms with Crippen LogP contribution in [0.25, 0.3) is 11.8 Å². The van der Waals surface area contributed by atoms with Gasteiger partial charge in [-0.3, -0.25) is 0 Å². The molecule has 0 bridgehead atoms. The van der Waals surface area contributed by atoms with Gasteiger partial charge in [0.2, 0.25) is 0 Å². The van der Waals surface area contributed by atoms with Gasteiger partial charge in [-0.15, -0.1) is 0 Å². The lowest BCUT2D eigenvalue weighted by molar-refractivity contribution is -0.234. The number of rotatable bonds is 1. The summed E-state index contributed by atoms with van der Waals surface area (Å²) in [6, 6.07) is 6.47. The van der Waals surface area contributed by atoms with Gasteiger partial charge in [-0.1, -0.05) is 12.5 Å². The summed E-state index contributed by atoms with van der Waals surface area (Å²) in [6.07, 6.45) is 8.10. The molecule has 2 fully saturated rings. The molecule has 0 N–H and O–H groups in total. The minimum absolute atomic E-state index is 0.147. The molecule has 1 atom stereocenters. The molecule has 1 unspecified atom stereocenters. The molecule has 0 amide bonds. The van der Waals surface area contributed by atoms with Crippen LogP contribution in [0.4, 0.5) is 4.39 Å². The quantitative estimate of drug-likeness (QED) is 0.790. The highest BCUT2D eigenvalue weighted by atomic mass is 19.1. The second-order valence-electron chi connectivity index (χ2n) is 7.43. The van der Waals surface area contributed by atoms with Crippen molar-refractivity contribution in [2.45, 2.75) is 38.4 Å². The van der Waals surface area contributed by atoms with Crippen molar-refractivity contribution in [1.29, 1.82) is 0 Å². The molecule has 2 aliphatic carbocycles. The van der Waals surface area contributed by atoms with Crippen LogP contribution in [0.2, 0.25) is 0 Å². The van der Waals surface area contributed by atoms with Crippen molar-refractivity contribution in [1.82, 2.24) is 9.78 Å². The summed E-state index contributed by atoms with van der Waals surface area (Å²) in [7, 11) is 0. The van der Waals surface area contributed by atoms with Gasteiger partial charge in [0.05, 0.1) is 30.8 Å². The van der Waals surface area contributed by atoms with Crippen LogP contribution < -0.4 is 0 Å². The molecule has 2 aromatic rings. The third-order valence-corrected chi connectivity index (χ3v) is 6.07. The Morgan fingerprint density at radius 1 is 1.16 bits per heavy atom. The summed E-state index contributed by atoms with van der Waals surface area (Å²) in [5.74, 6) is -0.729. The van der Waals surface area contributed by atoms with Crippen molar-refractivity contribution >= 4 is 6.08 Å². The summed E-state index contributed by atoms with van der Waals surface area (Å²) in [6.45, 7) is 3.61. The van der Waals surface area contributed by atoms with E-state index in [1.54, 1.807) is 12.1 Å². The molecule has 1 aliphatic heterocycles. The first-order valence-corrected chi connectivity index (χ1v) is 8.93. The van der Waals surface area contributed by atoms with E-state index in [0.29, 0.717) is 13.2 Å². The van der Waals surface area contributed by atoms with E-state index in [1.165, 1.54) is 23.3 Å². The lowest BCUT2D eigenvalue weighted by Crippen LogP contribution is -2.53. The molecule has 1 saturated carbocycles. The molecule has 1 aromatic heterocycles. The van der Waals surface area contributed by atoms with Gasteiger partial charge in [0.25, 0.3) is 0 Å². The number of hydrogen-bond donors (Lipinski definition) is 0. The first kappa shape index (κ1) is 15.3. The Morgan fingerprint density at radius 2 is 1.92 bits per heavy atom. The maximum atomic E-state index is 13.2. The molecule has 25 heavy (non-hydrogen) atoms. The first-order chi connectivity index (χ1) is 12.1. The van der Waals surface area contributed by atoms with E-state index >= 15 is 0 Å². The fourth-order valence-electron chi connectivity index (χ4n) is 4.72. The van der Waals surface area contributed by atoms with Crippen molar-refractivity contribution in [2.24, 2.45) is 5.41 Å². The first-order valence-electron chi connectivity index (χ1n) is 8.93. The minimum atomic E-state index is -0.493. The highest BCUT2D eigenvalue weighted by Crippen LogP contribution is 2.56. The Balaban J connectivity index is 1.60. The Labute approximate surface area is 146 Å². The van der Waals surface area contributed by atoms with Gasteiger partial charge in [0, 0.05) is 11.8 Å². The van der Waals surface area contributed by atoms with E-state index in [9.17, 15) is 4.39 Å². The van der Waals surface area contributed by atoms with Crippen molar-refractivity contribution in [3.05, 3.63) is 53.1 Å². The summed E-state index contributed by atoms with van der Waals surface area (Å²) in [5.41, 5.74) is 4.38. The number of aromatic nitrogens is 2. The summed E-state index contributed by atoms with van der Waals surface area (Å²) in [5, 5.41) is 4.57. The van der Waals surface area contributed by atoms with Crippen molar-refractivity contribution in [3.8, 4) is 5.69 Å². The van der Waals surface area contributed by atoms with Crippen LogP contribution in [0.5, 0.6) is 0 Å². The predicted molar refractivity (Wildman–Crippen MR) is 91.8 cm³/mol. The third kappa shape index (κ3) is 2.09. The molecule has 5 heteroatoms. The summed E-state index contributed by atoms with van der Waals surface area (Å²) < 4.78 is 27.4. The van der Waals surface area contributed by atoms with Crippen LogP contribution in [-0.4, -0.2) is 28.8 Å². The van der Waals surface area contributed by atoms with Crippen molar-refractivity contribution in [3.63, 3.8) is 0 Å². The predicted octanol–water partition coefficient (Wildman–Crippen LogP) is 3.88. The monoisotopic (exact) mass is 340 g/mol. The van der Waals surface area contributed by atoms with Gasteiger partial charge in [0.1, 0.15) is 5.82 Å². The van der Waals surface area contributed by atoms with Crippen LogP contribution in [-0.2, 0) is 15.9 Å². The topological polar surface area (TPSA) is 36.3 Å². The molecular weight excluding hydrogens is 319 g/mol. The molecule has 2 heterocycles. The summed E-state index contributed by atoms with van der Waals surface area (Å²) >= 11 is 0. The lowest BCUT2D eigenvalue weighted by atomic mass is 9.62. The number of nitrogens with zero attached hydrogens (tertiary/aromatic N) is 2. The molecule has 1 aromatic carbocycles. The third-order valence-electron chi connectivity index (χ3n) is 6.07. The molecule has 4 nitrogen and oxygen atoms in total. The average molecular weight is 340 g/mol. The minimum Gasteiger partial charge on any atom is -0.347 e.